The fourth-order valence-corrected chi connectivity index (χ4v) is 2.38. The minimum absolute atomic E-state index is 0. The van der Waals surface area contributed by atoms with E-state index >= 15 is 0 Å². The van der Waals surface area contributed by atoms with E-state index in [1.165, 1.54) is 28.7 Å². The molecule has 8 heteroatoms. The van der Waals surface area contributed by atoms with Gasteiger partial charge in [0.25, 0.3) is 0 Å². The third-order valence-electron chi connectivity index (χ3n) is 2.26. The van der Waals surface area contributed by atoms with E-state index < -0.39 is 10.2 Å². The van der Waals surface area contributed by atoms with Gasteiger partial charge in [-0.25, -0.2) is 8.96 Å². The Morgan fingerprint density at radius 2 is 2.06 bits per heavy atom. The number of nitrogens with zero attached hydrogens (tertiary/aromatic N) is 3. The topological polar surface area (TPSA) is 67.2 Å². The largest absolute Gasteiger partial charge is 0.372 e. The standard InChI is InChI=1S/C9H18N4O2S.ClH/c1-5-6-8-9(10-2)11-7-13(8)16(14,15)12(3)4;/h7,10H,5-6H2,1-4H3;1H. The summed E-state index contributed by atoms with van der Waals surface area (Å²) < 4.78 is 26.4. The fourth-order valence-electron chi connectivity index (χ4n) is 1.41. The summed E-state index contributed by atoms with van der Waals surface area (Å²) in [4.78, 5) is 4.05. The van der Waals surface area contributed by atoms with Crippen LogP contribution >= 0.6 is 12.4 Å². The Hall–Kier alpha value is -0.790. The Balaban J connectivity index is 0.00000256. The number of hydrogen-bond donors (Lipinski definition) is 1. The first-order valence-electron chi connectivity index (χ1n) is 5.12. The minimum atomic E-state index is -3.47. The van der Waals surface area contributed by atoms with E-state index in [4.69, 9.17) is 0 Å². The molecule has 0 aliphatic heterocycles. The summed E-state index contributed by atoms with van der Waals surface area (Å²) in [5, 5.41) is 2.90. The molecule has 0 aliphatic carbocycles. The summed E-state index contributed by atoms with van der Waals surface area (Å²) in [5.41, 5.74) is 0.693. The molecule has 1 N–H and O–H groups in total. The van der Waals surface area contributed by atoms with Crippen LogP contribution in [0.5, 0.6) is 0 Å². The average Bonchev–Trinajstić information content (AvgIpc) is 2.61. The molecule has 0 unspecified atom stereocenters. The number of nitrogens with one attached hydrogen (secondary N) is 1. The van der Waals surface area contributed by atoms with Crippen LogP contribution in [0.25, 0.3) is 0 Å². The predicted molar refractivity (Wildman–Crippen MR) is 71.0 cm³/mol. The third kappa shape index (κ3) is 3.11. The van der Waals surface area contributed by atoms with Crippen molar-refractivity contribution in [2.75, 3.05) is 26.5 Å². The molecule has 0 aromatic carbocycles. The summed E-state index contributed by atoms with van der Waals surface area (Å²) in [6, 6.07) is 0. The van der Waals surface area contributed by atoms with E-state index in [0.29, 0.717) is 17.9 Å². The minimum Gasteiger partial charge on any atom is -0.372 e. The first-order chi connectivity index (χ1) is 7.45. The van der Waals surface area contributed by atoms with Gasteiger partial charge >= 0.3 is 10.2 Å². The van der Waals surface area contributed by atoms with Gasteiger partial charge < -0.3 is 5.32 Å². The second kappa shape index (κ2) is 6.23. The van der Waals surface area contributed by atoms with Crippen LogP contribution in [-0.4, -0.2) is 42.8 Å². The molecule has 0 bridgehead atoms. The predicted octanol–water partition coefficient (Wildman–Crippen LogP) is 0.954. The van der Waals surface area contributed by atoms with Crippen LogP contribution in [0.15, 0.2) is 6.33 Å². The first-order valence-corrected chi connectivity index (χ1v) is 6.51. The summed E-state index contributed by atoms with van der Waals surface area (Å²) in [6.45, 7) is 2.00. The SMILES string of the molecule is CCCc1c(NC)ncn1S(=O)(=O)N(C)C.Cl. The molecule has 0 saturated carbocycles. The summed E-state index contributed by atoms with van der Waals surface area (Å²) >= 11 is 0. The molecule has 100 valence electrons. The van der Waals surface area contributed by atoms with Gasteiger partial charge in [0, 0.05) is 21.1 Å². The number of halogens is 1. The maximum atomic E-state index is 12.0. The third-order valence-corrected chi connectivity index (χ3v) is 4.00. The van der Waals surface area contributed by atoms with Gasteiger partial charge in [-0.1, -0.05) is 13.3 Å². The van der Waals surface area contributed by atoms with Crippen molar-refractivity contribution in [1.29, 1.82) is 0 Å². The molecule has 0 spiro atoms. The second-order valence-electron chi connectivity index (χ2n) is 3.63. The van der Waals surface area contributed by atoms with Crippen molar-refractivity contribution < 1.29 is 8.42 Å². The highest BCUT2D eigenvalue weighted by Crippen LogP contribution is 2.18. The molecule has 1 aromatic rings. The lowest BCUT2D eigenvalue weighted by molar-refractivity contribution is 0.508. The van der Waals surface area contributed by atoms with Gasteiger partial charge in [0.2, 0.25) is 0 Å². The maximum Gasteiger partial charge on any atom is 0.308 e. The number of imidazole rings is 1. The van der Waals surface area contributed by atoms with E-state index in [0.717, 1.165) is 6.42 Å². The van der Waals surface area contributed by atoms with Gasteiger partial charge in [0.15, 0.2) is 0 Å². The molecule has 0 aliphatic rings. The van der Waals surface area contributed by atoms with Crippen molar-refractivity contribution in [3.05, 3.63) is 12.0 Å². The Morgan fingerprint density at radius 1 is 1.47 bits per heavy atom. The van der Waals surface area contributed by atoms with E-state index in [-0.39, 0.29) is 12.4 Å². The van der Waals surface area contributed by atoms with Crippen molar-refractivity contribution in [2.24, 2.45) is 0 Å². The van der Waals surface area contributed by atoms with E-state index in [1.807, 2.05) is 6.92 Å². The van der Waals surface area contributed by atoms with Crippen molar-refractivity contribution in [1.82, 2.24) is 13.3 Å². The zero-order chi connectivity index (χ0) is 12.3. The lowest BCUT2D eigenvalue weighted by Gasteiger charge is -2.14. The van der Waals surface area contributed by atoms with Gasteiger partial charge in [0.1, 0.15) is 12.1 Å². The second-order valence-corrected chi connectivity index (χ2v) is 5.65. The molecule has 0 saturated heterocycles. The Bertz CT molecular complexity index is 456. The average molecular weight is 283 g/mol. The normalized spacial score (nSPS) is 11.4. The van der Waals surface area contributed by atoms with Gasteiger partial charge in [-0.2, -0.15) is 12.7 Å². The summed E-state index contributed by atoms with van der Waals surface area (Å²) in [5.74, 6) is 0.618. The summed E-state index contributed by atoms with van der Waals surface area (Å²) in [7, 11) is 1.27. The molecule has 1 heterocycles. The molecule has 0 atom stereocenters. The van der Waals surface area contributed by atoms with E-state index in [2.05, 4.69) is 10.3 Å². The summed E-state index contributed by atoms with van der Waals surface area (Å²) in [6.07, 6.45) is 2.87. The van der Waals surface area contributed by atoms with Crippen molar-refractivity contribution in [3.63, 3.8) is 0 Å². The quantitative estimate of drug-likeness (QED) is 0.873. The molecule has 6 nitrogen and oxygen atoms in total. The van der Waals surface area contributed by atoms with Gasteiger partial charge in [-0.05, 0) is 6.42 Å². The molecule has 0 radical (unpaired) electrons. The molecule has 0 fully saturated rings. The van der Waals surface area contributed by atoms with Crippen molar-refractivity contribution in [3.8, 4) is 0 Å². The van der Waals surface area contributed by atoms with Crippen LogP contribution in [-0.2, 0) is 16.6 Å². The molecular formula is C9H19ClN4O2S. The van der Waals surface area contributed by atoms with Crippen molar-refractivity contribution >= 4 is 28.4 Å². The molecule has 1 rings (SSSR count). The lowest BCUT2D eigenvalue weighted by Crippen LogP contribution is -2.29. The van der Waals surface area contributed by atoms with Gasteiger partial charge in [0.05, 0.1) is 5.69 Å². The number of anilines is 1. The van der Waals surface area contributed by atoms with E-state index in [9.17, 15) is 8.42 Å². The fraction of sp³-hybridized carbons (Fsp3) is 0.667. The Kier molecular flexibility index (Phi) is 5.94. The first kappa shape index (κ1) is 16.2. The Labute approximate surface area is 109 Å². The zero-order valence-electron chi connectivity index (χ0n) is 10.5. The van der Waals surface area contributed by atoms with E-state index in [1.54, 1.807) is 7.05 Å². The van der Waals surface area contributed by atoms with Crippen LogP contribution in [0.4, 0.5) is 5.82 Å². The number of aromatic nitrogens is 2. The van der Waals surface area contributed by atoms with Gasteiger partial charge in [-0.3, -0.25) is 0 Å². The molecular weight excluding hydrogens is 264 g/mol. The van der Waals surface area contributed by atoms with Gasteiger partial charge in [-0.15, -0.1) is 12.4 Å². The van der Waals surface area contributed by atoms with Crippen LogP contribution < -0.4 is 5.32 Å². The maximum absolute atomic E-state index is 12.0. The number of hydrogen-bond acceptors (Lipinski definition) is 4. The monoisotopic (exact) mass is 282 g/mol. The highest BCUT2D eigenvalue weighted by Gasteiger charge is 2.21. The van der Waals surface area contributed by atoms with Crippen LogP contribution in [0.3, 0.4) is 0 Å². The highest BCUT2D eigenvalue weighted by atomic mass is 35.5. The smallest absolute Gasteiger partial charge is 0.308 e. The van der Waals surface area contributed by atoms with Crippen LogP contribution in [0, 0.1) is 0 Å². The highest BCUT2D eigenvalue weighted by molar-refractivity contribution is 7.87. The lowest BCUT2D eigenvalue weighted by atomic mass is 10.2. The molecule has 17 heavy (non-hydrogen) atoms. The van der Waals surface area contributed by atoms with Crippen LogP contribution in [0.2, 0.25) is 0 Å². The molecule has 1 aromatic heterocycles. The Morgan fingerprint density at radius 3 is 2.47 bits per heavy atom. The van der Waals surface area contributed by atoms with Crippen molar-refractivity contribution in [2.45, 2.75) is 19.8 Å². The number of rotatable bonds is 5. The zero-order valence-corrected chi connectivity index (χ0v) is 12.1. The molecule has 0 amide bonds. The van der Waals surface area contributed by atoms with Crippen LogP contribution in [0.1, 0.15) is 19.0 Å².